The molecule has 3 aromatic rings. The van der Waals surface area contributed by atoms with Crippen LogP contribution in [0.25, 0.3) is 0 Å². The molecule has 0 aliphatic heterocycles. The van der Waals surface area contributed by atoms with E-state index < -0.39 is 29.5 Å². The molecule has 0 aliphatic carbocycles. The molecule has 30 heavy (non-hydrogen) atoms. The highest BCUT2D eigenvalue weighted by molar-refractivity contribution is 7.98. The molecule has 1 aromatic heterocycles. The second-order valence-electron chi connectivity index (χ2n) is 6.41. The first-order chi connectivity index (χ1) is 14.2. The van der Waals surface area contributed by atoms with E-state index in [1.54, 1.807) is 17.6 Å². The van der Waals surface area contributed by atoms with Gasteiger partial charge in [-0.25, -0.2) is 8.78 Å². The molecular formula is C20H18F5N3OS. The molecule has 3 rings (SSSR count). The minimum atomic E-state index is -4.40. The minimum Gasteiger partial charge on any atom is -0.480 e. The Bertz CT molecular complexity index is 1020. The molecule has 0 spiro atoms. The van der Waals surface area contributed by atoms with Gasteiger partial charge in [0.1, 0.15) is 5.82 Å². The van der Waals surface area contributed by atoms with Crippen LogP contribution in [-0.2, 0) is 18.5 Å². The Balaban J connectivity index is 1.74. The first-order valence-corrected chi connectivity index (χ1v) is 10.0. The van der Waals surface area contributed by atoms with Gasteiger partial charge in [-0.05, 0) is 37.6 Å². The Labute approximate surface area is 174 Å². The zero-order valence-corrected chi connectivity index (χ0v) is 16.9. The van der Waals surface area contributed by atoms with Crippen LogP contribution < -0.4 is 4.74 Å². The van der Waals surface area contributed by atoms with Crippen LogP contribution in [0.15, 0.2) is 47.6 Å². The van der Waals surface area contributed by atoms with Crippen LogP contribution in [0.2, 0.25) is 0 Å². The van der Waals surface area contributed by atoms with Crippen molar-refractivity contribution in [2.45, 2.75) is 43.6 Å². The Morgan fingerprint density at radius 3 is 2.53 bits per heavy atom. The van der Waals surface area contributed by atoms with Crippen molar-refractivity contribution in [3.05, 3.63) is 71.1 Å². The molecule has 1 heterocycles. The predicted molar refractivity (Wildman–Crippen MR) is 102 cm³/mol. The van der Waals surface area contributed by atoms with E-state index in [0.717, 1.165) is 24.3 Å². The van der Waals surface area contributed by atoms with E-state index in [2.05, 4.69) is 10.2 Å². The maximum atomic E-state index is 13.8. The number of aromatic nitrogens is 3. The third-order valence-electron chi connectivity index (χ3n) is 4.25. The number of nitrogens with zero attached hydrogens (tertiary/aromatic N) is 3. The minimum absolute atomic E-state index is 0.118. The van der Waals surface area contributed by atoms with Gasteiger partial charge in [-0.1, -0.05) is 30.0 Å². The van der Waals surface area contributed by atoms with E-state index in [1.807, 2.05) is 6.92 Å². The maximum Gasteiger partial charge on any atom is 0.416 e. The van der Waals surface area contributed by atoms with Crippen molar-refractivity contribution in [1.29, 1.82) is 0 Å². The summed E-state index contributed by atoms with van der Waals surface area (Å²) in [4.78, 5) is 0. The quantitative estimate of drug-likeness (QED) is 0.330. The Morgan fingerprint density at radius 2 is 1.87 bits per heavy atom. The molecule has 1 atom stereocenters. The molecule has 0 aliphatic rings. The van der Waals surface area contributed by atoms with E-state index in [9.17, 15) is 22.0 Å². The first kappa shape index (κ1) is 22.1. The third kappa shape index (κ3) is 5.10. The van der Waals surface area contributed by atoms with Crippen molar-refractivity contribution >= 4 is 11.8 Å². The van der Waals surface area contributed by atoms with Gasteiger partial charge in [0.05, 0.1) is 5.56 Å². The summed E-state index contributed by atoms with van der Waals surface area (Å²) in [5, 5.41) is 8.68. The second-order valence-corrected chi connectivity index (χ2v) is 7.35. The third-order valence-corrected chi connectivity index (χ3v) is 5.28. The Hall–Kier alpha value is -2.62. The van der Waals surface area contributed by atoms with Crippen LogP contribution in [0.4, 0.5) is 22.0 Å². The SMILES string of the molecule is CCn1c(SCc2cccc(C(F)(F)F)c2)nnc1C(C)Oc1ccc(F)cc1F. The van der Waals surface area contributed by atoms with Gasteiger partial charge in [0.15, 0.2) is 28.7 Å². The summed E-state index contributed by atoms with van der Waals surface area (Å²) in [6, 6.07) is 8.10. The van der Waals surface area contributed by atoms with Gasteiger partial charge < -0.3 is 9.30 Å². The topological polar surface area (TPSA) is 39.9 Å². The molecule has 0 radical (unpaired) electrons. The second kappa shape index (κ2) is 9.03. The van der Waals surface area contributed by atoms with Gasteiger partial charge >= 0.3 is 6.18 Å². The number of hydrogen-bond donors (Lipinski definition) is 0. The summed E-state index contributed by atoms with van der Waals surface area (Å²) in [7, 11) is 0. The zero-order chi connectivity index (χ0) is 21.9. The van der Waals surface area contributed by atoms with Gasteiger partial charge in [-0.3, -0.25) is 0 Å². The van der Waals surface area contributed by atoms with Crippen molar-refractivity contribution in [2.24, 2.45) is 0 Å². The fraction of sp³-hybridized carbons (Fsp3) is 0.300. The molecule has 0 amide bonds. The number of halogens is 5. The van der Waals surface area contributed by atoms with E-state index in [-0.39, 0.29) is 11.5 Å². The van der Waals surface area contributed by atoms with Gasteiger partial charge in [0.2, 0.25) is 0 Å². The molecule has 160 valence electrons. The number of hydrogen-bond acceptors (Lipinski definition) is 4. The molecule has 0 bridgehead atoms. The van der Waals surface area contributed by atoms with Crippen molar-refractivity contribution in [3.63, 3.8) is 0 Å². The summed E-state index contributed by atoms with van der Waals surface area (Å²) in [6.07, 6.45) is -5.08. The van der Waals surface area contributed by atoms with Crippen molar-refractivity contribution < 1.29 is 26.7 Å². The average Bonchev–Trinajstić information content (AvgIpc) is 3.11. The summed E-state index contributed by atoms with van der Waals surface area (Å²) < 4.78 is 72.8. The highest BCUT2D eigenvalue weighted by Crippen LogP contribution is 2.32. The van der Waals surface area contributed by atoms with E-state index in [1.165, 1.54) is 23.9 Å². The molecule has 0 N–H and O–H groups in total. The molecule has 1 unspecified atom stereocenters. The summed E-state index contributed by atoms with van der Waals surface area (Å²) in [5.74, 6) is -0.967. The van der Waals surface area contributed by atoms with Crippen LogP contribution in [-0.4, -0.2) is 14.8 Å². The largest absolute Gasteiger partial charge is 0.480 e. The highest BCUT2D eigenvalue weighted by Gasteiger charge is 2.30. The number of benzene rings is 2. The molecule has 0 fully saturated rings. The number of rotatable bonds is 7. The standard InChI is InChI=1S/C20H18F5N3OS/c1-3-28-18(12(2)29-17-8-7-15(21)10-16(17)22)26-27-19(28)30-11-13-5-4-6-14(9-13)20(23,24)25/h4-10,12H,3,11H2,1-2H3. The molecule has 2 aromatic carbocycles. The van der Waals surface area contributed by atoms with Gasteiger partial charge in [0.25, 0.3) is 0 Å². The van der Waals surface area contributed by atoms with Gasteiger partial charge in [-0.2, -0.15) is 13.2 Å². The van der Waals surface area contributed by atoms with Crippen molar-refractivity contribution in [2.75, 3.05) is 0 Å². The van der Waals surface area contributed by atoms with Crippen molar-refractivity contribution in [3.8, 4) is 5.75 Å². The highest BCUT2D eigenvalue weighted by atomic mass is 32.2. The van der Waals surface area contributed by atoms with E-state index in [4.69, 9.17) is 4.74 Å². The monoisotopic (exact) mass is 443 g/mol. The first-order valence-electron chi connectivity index (χ1n) is 9.02. The van der Waals surface area contributed by atoms with Crippen LogP contribution in [0.1, 0.15) is 36.9 Å². The lowest BCUT2D eigenvalue weighted by atomic mass is 10.1. The van der Waals surface area contributed by atoms with E-state index >= 15 is 0 Å². The molecule has 10 heteroatoms. The molecule has 4 nitrogen and oxygen atoms in total. The predicted octanol–water partition coefficient (Wildman–Crippen LogP) is 6.03. The smallest absolute Gasteiger partial charge is 0.416 e. The van der Waals surface area contributed by atoms with Crippen LogP contribution >= 0.6 is 11.8 Å². The number of ether oxygens (including phenoxy) is 1. The molecule has 0 saturated heterocycles. The van der Waals surface area contributed by atoms with Crippen molar-refractivity contribution in [1.82, 2.24) is 14.8 Å². The fourth-order valence-electron chi connectivity index (χ4n) is 2.80. The normalized spacial score (nSPS) is 12.8. The summed E-state index contributed by atoms with van der Waals surface area (Å²) >= 11 is 1.24. The summed E-state index contributed by atoms with van der Waals surface area (Å²) in [5.41, 5.74) is -0.207. The molecular weight excluding hydrogens is 425 g/mol. The molecule has 0 saturated carbocycles. The number of alkyl halides is 3. The lowest BCUT2D eigenvalue weighted by Gasteiger charge is -2.16. The Morgan fingerprint density at radius 1 is 1.10 bits per heavy atom. The summed E-state index contributed by atoms with van der Waals surface area (Å²) in [6.45, 7) is 3.99. The van der Waals surface area contributed by atoms with Gasteiger partial charge in [-0.15, -0.1) is 10.2 Å². The van der Waals surface area contributed by atoms with E-state index in [0.29, 0.717) is 23.1 Å². The zero-order valence-electron chi connectivity index (χ0n) is 16.1. The average molecular weight is 443 g/mol. The Kier molecular flexibility index (Phi) is 6.64. The van der Waals surface area contributed by atoms with Crippen LogP contribution in [0.3, 0.4) is 0 Å². The fourth-order valence-corrected chi connectivity index (χ4v) is 3.76. The van der Waals surface area contributed by atoms with Crippen LogP contribution in [0, 0.1) is 11.6 Å². The lowest BCUT2D eigenvalue weighted by molar-refractivity contribution is -0.137. The van der Waals surface area contributed by atoms with Crippen LogP contribution in [0.5, 0.6) is 5.75 Å². The number of thioether (sulfide) groups is 1. The van der Waals surface area contributed by atoms with Gasteiger partial charge in [0, 0.05) is 18.4 Å². The maximum absolute atomic E-state index is 13.8. The lowest BCUT2D eigenvalue weighted by Crippen LogP contribution is -2.12.